The van der Waals surface area contributed by atoms with Crippen molar-refractivity contribution in [3.05, 3.63) is 5.56 Å². The van der Waals surface area contributed by atoms with Gasteiger partial charge >= 0.3 is 0 Å². The summed E-state index contributed by atoms with van der Waals surface area (Å²) in [5.41, 5.74) is 11.0. The summed E-state index contributed by atoms with van der Waals surface area (Å²) in [7, 11) is 1.64. The van der Waals surface area contributed by atoms with E-state index in [1.165, 1.54) is 0 Å². The van der Waals surface area contributed by atoms with Crippen LogP contribution in [0.4, 0.5) is 10.8 Å². The number of hydrogen-bond acceptors (Lipinski definition) is 6. The van der Waals surface area contributed by atoms with Gasteiger partial charge in [-0.1, -0.05) is 0 Å². The van der Waals surface area contributed by atoms with Gasteiger partial charge in [0.05, 0.1) is 0 Å². The second-order valence-electron chi connectivity index (χ2n) is 2.91. The molecule has 1 aromatic heterocycles. The molecule has 0 aliphatic carbocycles. The fourth-order valence-electron chi connectivity index (χ4n) is 1.08. The van der Waals surface area contributed by atoms with Gasteiger partial charge in [0, 0.05) is 20.3 Å². The van der Waals surface area contributed by atoms with E-state index in [0.717, 1.165) is 18.0 Å². The van der Waals surface area contributed by atoms with Gasteiger partial charge in [0.15, 0.2) is 5.82 Å². The Morgan fingerprint density at radius 2 is 2.40 bits per heavy atom. The Kier molecular flexibility index (Phi) is 4.32. The Morgan fingerprint density at radius 1 is 1.67 bits per heavy atom. The third-order valence-corrected chi connectivity index (χ3v) is 2.59. The molecule has 5 N–H and O–H groups in total. The summed E-state index contributed by atoms with van der Waals surface area (Å²) < 4.78 is 8.76. The van der Waals surface area contributed by atoms with Crippen molar-refractivity contribution in [3.8, 4) is 0 Å². The van der Waals surface area contributed by atoms with E-state index in [0.29, 0.717) is 18.2 Å². The highest BCUT2D eigenvalue weighted by atomic mass is 32.1. The maximum absolute atomic E-state index is 11.0. The van der Waals surface area contributed by atoms with Crippen LogP contribution in [0.15, 0.2) is 0 Å². The molecule has 0 fully saturated rings. The molecule has 0 bridgehead atoms. The average molecular weight is 230 g/mol. The lowest BCUT2D eigenvalue weighted by molar-refractivity contribution is 0.100. The van der Waals surface area contributed by atoms with Crippen LogP contribution < -0.4 is 16.8 Å². The summed E-state index contributed by atoms with van der Waals surface area (Å²) in [6.07, 6.45) is 0.840. The van der Waals surface area contributed by atoms with E-state index >= 15 is 0 Å². The number of rotatable bonds is 6. The number of nitrogens with zero attached hydrogens (tertiary/aromatic N) is 1. The van der Waals surface area contributed by atoms with Crippen molar-refractivity contribution in [2.24, 2.45) is 5.73 Å². The topological polar surface area (TPSA) is 103 Å². The summed E-state index contributed by atoms with van der Waals surface area (Å²) in [5, 5.41) is 3.67. The molecule has 7 heteroatoms. The molecule has 0 spiro atoms. The number of primary amides is 1. The highest BCUT2D eigenvalue weighted by molar-refractivity contribution is 7.11. The van der Waals surface area contributed by atoms with E-state index in [9.17, 15) is 4.79 Å². The highest BCUT2D eigenvalue weighted by Gasteiger charge is 2.15. The number of carbonyl (C=O) groups excluding carboxylic acids is 1. The lowest BCUT2D eigenvalue weighted by atomic mass is 10.3. The Labute approximate surface area is 91.8 Å². The first-order valence-corrected chi connectivity index (χ1v) is 5.22. The molecule has 0 aliphatic rings. The molecule has 0 atom stereocenters. The molecule has 1 aromatic rings. The summed E-state index contributed by atoms with van der Waals surface area (Å²) >= 11 is 1.13. The van der Waals surface area contributed by atoms with Crippen LogP contribution in [0.5, 0.6) is 0 Å². The first-order chi connectivity index (χ1) is 7.16. The van der Waals surface area contributed by atoms with Crippen LogP contribution >= 0.6 is 11.5 Å². The lowest BCUT2D eigenvalue weighted by Gasteiger charge is -2.04. The molecule has 84 valence electrons. The Hall–Kier alpha value is -1.34. The van der Waals surface area contributed by atoms with Crippen LogP contribution in [0.25, 0.3) is 0 Å². The molecular formula is C8H14N4O2S. The minimum absolute atomic E-state index is 0.182. The van der Waals surface area contributed by atoms with Gasteiger partial charge in [0.1, 0.15) is 10.6 Å². The number of hydrogen-bond donors (Lipinski definition) is 3. The smallest absolute Gasteiger partial charge is 0.255 e. The fourth-order valence-corrected chi connectivity index (χ4v) is 1.82. The number of carbonyl (C=O) groups is 1. The zero-order chi connectivity index (χ0) is 11.3. The number of anilines is 2. The minimum atomic E-state index is -0.560. The molecule has 1 rings (SSSR count). The molecule has 15 heavy (non-hydrogen) atoms. The first-order valence-electron chi connectivity index (χ1n) is 4.44. The minimum Gasteiger partial charge on any atom is -0.385 e. The molecule has 1 amide bonds. The standard InChI is InChI=1S/C8H14N4O2S/c1-14-4-2-3-11-8-5(7(10)13)6(9)12-15-8/h11H,2-4H2,1H3,(H2,9,12)(H2,10,13). The molecule has 0 unspecified atom stereocenters. The summed E-state index contributed by atoms with van der Waals surface area (Å²) in [6.45, 7) is 1.35. The zero-order valence-electron chi connectivity index (χ0n) is 8.45. The van der Waals surface area contributed by atoms with Crippen molar-refractivity contribution >= 4 is 28.3 Å². The van der Waals surface area contributed by atoms with Crippen molar-refractivity contribution in [3.63, 3.8) is 0 Å². The fraction of sp³-hybridized carbons (Fsp3) is 0.500. The second kappa shape index (κ2) is 5.52. The number of methoxy groups -OCH3 is 1. The summed E-state index contributed by atoms with van der Waals surface area (Å²) in [5.74, 6) is -0.378. The number of nitrogens with one attached hydrogen (secondary N) is 1. The van der Waals surface area contributed by atoms with Crippen molar-refractivity contribution in [2.45, 2.75) is 6.42 Å². The van der Waals surface area contributed by atoms with Crippen molar-refractivity contribution < 1.29 is 9.53 Å². The van der Waals surface area contributed by atoms with Crippen LogP contribution in [0.1, 0.15) is 16.8 Å². The van der Waals surface area contributed by atoms with E-state index in [4.69, 9.17) is 16.2 Å². The average Bonchev–Trinajstić information content (AvgIpc) is 2.54. The number of amides is 1. The molecule has 6 nitrogen and oxygen atoms in total. The van der Waals surface area contributed by atoms with E-state index in [2.05, 4.69) is 9.69 Å². The van der Waals surface area contributed by atoms with Crippen LogP contribution in [-0.4, -0.2) is 30.5 Å². The molecule has 1 heterocycles. The monoisotopic (exact) mass is 230 g/mol. The van der Waals surface area contributed by atoms with Crippen LogP contribution in [0.2, 0.25) is 0 Å². The van der Waals surface area contributed by atoms with Gasteiger partial charge in [-0.15, -0.1) is 0 Å². The van der Waals surface area contributed by atoms with Crippen LogP contribution in [0.3, 0.4) is 0 Å². The summed E-state index contributed by atoms with van der Waals surface area (Å²) in [4.78, 5) is 11.0. The number of aromatic nitrogens is 1. The van der Waals surface area contributed by atoms with Crippen LogP contribution in [-0.2, 0) is 4.74 Å². The third-order valence-electron chi connectivity index (χ3n) is 1.78. The molecular weight excluding hydrogens is 216 g/mol. The normalized spacial score (nSPS) is 10.2. The number of nitrogen functional groups attached to an aromatic ring is 1. The Morgan fingerprint density at radius 3 is 3.00 bits per heavy atom. The van der Waals surface area contributed by atoms with Crippen molar-refractivity contribution in [2.75, 3.05) is 31.3 Å². The maximum atomic E-state index is 11.0. The zero-order valence-corrected chi connectivity index (χ0v) is 9.26. The molecule has 0 aromatic carbocycles. The molecule has 0 radical (unpaired) electrons. The highest BCUT2D eigenvalue weighted by Crippen LogP contribution is 2.25. The molecule has 0 aliphatic heterocycles. The van der Waals surface area contributed by atoms with E-state index in [1.54, 1.807) is 7.11 Å². The van der Waals surface area contributed by atoms with E-state index in [1.807, 2.05) is 0 Å². The Balaban J connectivity index is 2.57. The second-order valence-corrected chi connectivity index (χ2v) is 3.68. The predicted octanol–water partition coefficient (Wildman–Crippen LogP) is 0.273. The van der Waals surface area contributed by atoms with Crippen molar-refractivity contribution in [1.29, 1.82) is 0 Å². The maximum Gasteiger partial charge on any atom is 0.255 e. The van der Waals surface area contributed by atoms with E-state index in [-0.39, 0.29) is 11.4 Å². The number of nitrogens with two attached hydrogens (primary N) is 2. The number of ether oxygens (including phenoxy) is 1. The van der Waals surface area contributed by atoms with Gasteiger partial charge in [-0.3, -0.25) is 4.79 Å². The Bertz CT molecular complexity index is 339. The van der Waals surface area contributed by atoms with Crippen LogP contribution in [0, 0.1) is 0 Å². The van der Waals surface area contributed by atoms with Gasteiger partial charge in [-0.05, 0) is 18.0 Å². The van der Waals surface area contributed by atoms with Gasteiger partial charge < -0.3 is 21.5 Å². The van der Waals surface area contributed by atoms with Crippen molar-refractivity contribution in [1.82, 2.24) is 4.37 Å². The first kappa shape index (κ1) is 11.7. The summed E-state index contributed by atoms with van der Waals surface area (Å²) in [6, 6.07) is 0. The van der Waals surface area contributed by atoms with Gasteiger partial charge in [-0.25, -0.2) is 0 Å². The largest absolute Gasteiger partial charge is 0.385 e. The lowest BCUT2D eigenvalue weighted by Crippen LogP contribution is -2.15. The quantitative estimate of drug-likeness (QED) is 0.609. The van der Waals surface area contributed by atoms with Gasteiger partial charge in [0.25, 0.3) is 5.91 Å². The molecule has 0 saturated heterocycles. The van der Waals surface area contributed by atoms with Gasteiger partial charge in [0.2, 0.25) is 0 Å². The van der Waals surface area contributed by atoms with E-state index < -0.39 is 5.91 Å². The molecule has 0 saturated carbocycles. The van der Waals surface area contributed by atoms with Gasteiger partial charge in [-0.2, -0.15) is 4.37 Å². The third kappa shape index (κ3) is 3.07. The predicted molar refractivity (Wildman–Crippen MR) is 60.0 cm³/mol. The SMILES string of the molecule is COCCCNc1snc(N)c1C(N)=O.